The van der Waals surface area contributed by atoms with Crippen molar-refractivity contribution >= 4 is 70.6 Å². The first kappa shape index (κ1) is 28.4. The minimum absolute atomic E-state index is 0. The van der Waals surface area contributed by atoms with Crippen LogP contribution in [-0.2, 0) is 0 Å². The van der Waals surface area contributed by atoms with Gasteiger partial charge in [-0.1, -0.05) is 109 Å². The minimum Gasteiger partial charge on any atom is -0.107 e. The first-order valence-electron chi connectivity index (χ1n) is 13.3. The van der Waals surface area contributed by atoms with Crippen molar-refractivity contribution in [2.24, 2.45) is 0 Å². The normalized spacial score (nSPS) is 11.4. The van der Waals surface area contributed by atoms with Gasteiger partial charge in [-0.2, -0.15) is 0 Å². The summed E-state index contributed by atoms with van der Waals surface area (Å²) in [5.74, 6) is 0. The number of hydrogen-bond donors (Lipinski definition) is 1. The van der Waals surface area contributed by atoms with Gasteiger partial charge in [0, 0.05) is 0 Å². The van der Waals surface area contributed by atoms with Crippen LogP contribution in [0.3, 0.4) is 0 Å². The van der Waals surface area contributed by atoms with E-state index in [0.29, 0.717) is 0 Å². The highest BCUT2D eigenvalue weighted by Crippen LogP contribution is 2.65. The van der Waals surface area contributed by atoms with Crippen LogP contribution in [0.25, 0.3) is 0 Å². The lowest BCUT2D eigenvalue weighted by molar-refractivity contribution is 1.55. The number of rotatable bonds is 8. The SMILES string of the molecule is I.c1ccc([P+](N[P+](c2ccccc2)(c2ccccc2)c2ccccc2)(c2ccccc2)c2ccccc2)cc1. The van der Waals surface area contributed by atoms with E-state index in [-0.39, 0.29) is 24.0 Å². The van der Waals surface area contributed by atoms with Crippen molar-refractivity contribution in [3.8, 4) is 0 Å². The molecule has 0 bridgehead atoms. The molecule has 196 valence electrons. The third-order valence-electron chi connectivity index (χ3n) is 7.16. The zero-order valence-corrected chi connectivity index (χ0v) is 26.2. The van der Waals surface area contributed by atoms with Gasteiger partial charge in [-0.05, 0) is 77.7 Å². The van der Waals surface area contributed by atoms with Gasteiger partial charge in [-0.25, -0.2) is 0 Å². The lowest BCUT2D eigenvalue weighted by atomic mass is 10.4. The molecule has 0 atom stereocenters. The summed E-state index contributed by atoms with van der Waals surface area (Å²) in [4.78, 5) is 4.60. The van der Waals surface area contributed by atoms with E-state index < -0.39 is 14.8 Å². The van der Waals surface area contributed by atoms with Crippen LogP contribution in [-0.4, -0.2) is 0 Å². The molecule has 0 unspecified atom stereocenters. The van der Waals surface area contributed by atoms with Gasteiger partial charge in [0.15, 0.2) is 0 Å². The summed E-state index contributed by atoms with van der Waals surface area (Å²) < 4.78 is 0. The average Bonchev–Trinajstić information content (AvgIpc) is 3.04. The van der Waals surface area contributed by atoms with Crippen LogP contribution in [0, 0.1) is 0 Å². The number of hydrogen-bond acceptors (Lipinski definition) is 1. The molecular formula is C36H32INP2+2. The fourth-order valence-electron chi connectivity index (χ4n) is 5.38. The van der Waals surface area contributed by atoms with Crippen molar-refractivity contribution in [2.75, 3.05) is 0 Å². The Hall–Kier alpha value is -3.13. The maximum atomic E-state index is 4.60. The molecule has 0 amide bonds. The van der Waals surface area contributed by atoms with E-state index in [1.54, 1.807) is 0 Å². The Morgan fingerprint density at radius 2 is 0.400 bits per heavy atom. The maximum absolute atomic E-state index is 4.60. The minimum atomic E-state index is -2.37. The second-order valence-electron chi connectivity index (χ2n) is 9.45. The molecular weight excluding hydrogens is 635 g/mol. The zero-order valence-electron chi connectivity index (χ0n) is 22.1. The topological polar surface area (TPSA) is 12.0 Å². The Morgan fingerprint density at radius 1 is 0.250 bits per heavy atom. The molecule has 0 saturated carbocycles. The molecule has 1 N–H and O–H groups in total. The maximum Gasteiger partial charge on any atom is 0.216 e. The van der Waals surface area contributed by atoms with Crippen LogP contribution in [0.2, 0.25) is 0 Å². The van der Waals surface area contributed by atoms with Gasteiger partial charge in [0.05, 0.1) is 0 Å². The van der Waals surface area contributed by atoms with Crippen LogP contribution in [0.1, 0.15) is 0 Å². The van der Waals surface area contributed by atoms with E-state index in [0.717, 1.165) is 0 Å². The Balaban J connectivity index is 0.00000323. The van der Waals surface area contributed by atoms with Gasteiger partial charge in [0.2, 0.25) is 14.8 Å². The second kappa shape index (κ2) is 13.0. The summed E-state index contributed by atoms with van der Waals surface area (Å²) in [7, 11) is -4.74. The van der Waals surface area contributed by atoms with Crippen molar-refractivity contribution in [1.29, 1.82) is 0 Å². The molecule has 4 heteroatoms. The summed E-state index contributed by atoms with van der Waals surface area (Å²) in [6.45, 7) is 0. The van der Waals surface area contributed by atoms with Gasteiger partial charge in [0.25, 0.3) is 0 Å². The van der Waals surface area contributed by atoms with E-state index in [1.807, 2.05) is 0 Å². The molecule has 6 rings (SSSR count). The molecule has 1 nitrogen and oxygen atoms in total. The van der Waals surface area contributed by atoms with Gasteiger partial charge < -0.3 is 0 Å². The van der Waals surface area contributed by atoms with Crippen LogP contribution >= 0.6 is 38.8 Å². The fraction of sp³-hybridized carbons (Fsp3) is 0. The molecule has 0 aromatic heterocycles. The predicted octanol–water partition coefficient (Wildman–Crippen LogP) is 7.01. The Bertz CT molecular complexity index is 1280. The molecule has 6 aromatic rings. The van der Waals surface area contributed by atoms with Gasteiger partial charge >= 0.3 is 0 Å². The first-order valence-corrected chi connectivity index (χ1v) is 16.8. The van der Waals surface area contributed by atoms with Crippen molar-refractivity contribution in [3.63, 3.8) is 0 Å². The van der Waals surface area contributed by atoms with Gasteiger partial charge in [-0.3, -0.25) is 0 Å². The summed E-state index contributed by atoms with van der Waals surface area (Å²) in [6, 6.07) is 66.4. The predicted molar refractivity (Wildman–Crippen MR) is 189 cm³/mol. The standard InChI is InChI=1S/C36H31NP2.HI/c1-7-19-31(20-8-1)38(32-21-9-2-10-22-32,33-23-11-3-12-24-33)37-39(34-25-13-4-14-26-34,35-27-15-5-16-28-35)36-29-17-6-18-30-36;/h1-30,37H;1H/q+2;. The smallest absolute Gasteiger partial charge is 0.107 e. The number of halogens is 1. The fourth-order valence-corrected chi connectivity index (χ4v) is 15.5. The Kier molecular flexibility index (Phi) is 9.25. The summed E-state index contributed by atoms with van der Waals surface area (Å²) in [6.07, 6.45) is 0. The molecule has 0 heterocycles. The lowest BCUT2D eigenvalue weighted by Crippen LogP contribution is -2.48. The monoisotopic (exact) mass is 667 g/mol. The van der Waals surface area contributed by atoms with Crippen molar-refractivity contribution in [2.45, 2.75) is 0 Å². The van der Waals surface area contributed by atoms with Crippen molar-refractivity contribution in [3.05, 3.63) is 182 Å². The van der Waals surface area contributed by atoms with Crippen LogP contribution in [0.5, 0.6) is 0 Å². The Labute approximate surface area is 256 Å². The van der Waals surface area contributed by atoms with E-state index in [4.69, 9.17) is 0 Å². The third kappa shape index (κ3) is 5.30. The van der Waals surface area contributed by atoms with Crippen LogP contribution < -0.4 is 36.7 Å². The van der Waals surface area contributed by atoms with E-state index in [1.165, 1.54) is 31.8 Å². The van der Waals surface area contributed by atoms with E-state index in [2.05, 4.69) is 187 Å². The van der Waals surface area contributed by atoms with Crippen LogP contribution in [0.15, 0.2) is 182 Å². The first-order chi connectivity index (χ1) is 19.3. The van der Waals surface area contributed by atoms with Gasteiger partial charge in [0.1, 0.15) is 31.8 Å². The summed E-state index contributed by atoms with van der Waals surface area (Å²) in [5.41, 5.74) is 0. The van der Waals surface area contributed by atoms with Crippen molar-refractivity contribution in [1.82, 2.24) is 4.86 Å². The summed E-state index contributed by atoms with van der Waals surface area (Å²) >= 11 is 0. The molecule has 0 fully saturated rings. The van der Waals surface area contributed by atoms with E-state index in [9.17, 15) is 0 Å². The molecule has 0 spiro atoms. The molecule has 0 saturated heterocycles. The molecule has 6 aromatic carbocycles. The highest BCUT2D eigenvalue weighted by atomic mass is 127. The number of benzene rings is 6. The second-order valence-corrected chi connectivity index (χ2v) is 16.0. The molecule has 0 aliphatic heterocycles. The average molecular weight is 668 g/mol. The van der Waals surface area contributed by atoms with Crippen LogP contribution in [0.4, 0.5) is 0 Å². The third-order valence-corrected chi connectivity index (χ3v) is 16.0. The molecule has 40 heavy (non-hydrogen) atoms. The van der Waals surface area contributed by atoms with E-state index >= 15 is 0 Å². The quantitative estimate of drug-likeness (QED) is 0.136. The summed E-state index contributed by atoms with van der Waals surface area (Å²) in [5, 5.41) is 7.89. The highest BCUT2D eigenvalue weighted by Gasteiger charge is 2.60. The molecule has 0 aliphatic rings. The largest absolute Gasteiger partial charge is 0.216 e. The Morgan fingerprint density at radius 3 is 0.550 bits per heavy atom. The number of nitrogens with one attached hydrogen (secondary N) is 1. The van der Waals surface area contributed by atoms with Gasteiger partial charge in [-0.15, -0.1) is 24.0 Å². The van der Waals surface area contributed by atoms with Crippen molar-refractivity contribution < 1.29 is 0 Å². The molecule has 0 radical (unpaired) electrons. The lowest BCUT2D eigenvalue weighted by Gasteiger charge is -2.34. The highest BCUT2D eigenvalue weighted by molar-refractivity contribution is 14.0. The zero-order chi connectivity index (χ0) is 26.4. The molecule has 0 aliphatic carbocycles.